The van der Waals surface area contributed by atoms with E-state index in [0.29, 0.717) is 5.92 Å². The molecule has 1 N–H and O–H groups in total. The van der Waals surface area contributed by atoms with Gasteiger partial charge in [0.1, 0.15) is 0 Å². The van der Waals surface area contributed by atoms with Gasteiger partial charge in [-0.25, -0.2) is 0 Å². The zero-order valence-electron chi connectivity index (χ0n) is 9.24. The number of benzene rings is 1. The molecule has 2 unspecified atom stereocenters. The Bertz CT molecular complexity index is 414. The molecular formula is C13H15BrO2. The Balaban J connectivity index is 1.89. The Hall–Kier alpha value is -0.830. The molecule has 0 radical (unpaired) electrons. The van der Waals surface area contributed by atoms with Crippen LogP contribution in [0.15, 0.2) is 22.7 Å². The molecule has 0 aliphatic heterocycles. The van der Waals surface area contributed by atoms with Gasteiger partial charge in [-0.1, -0.05) is 28.1 Å². The summed E-state index contributed by atoms with van der Waals surface area (Å²) in [6.07, 6.45) is 2.81. The predicted octanol–water partition coefficient (Wildman–Crippen LogP) is 3.41. The molecular weight excluding hydrogens is 268 g/mol. The van der Waals surface area contributed by atoms with Crippen LogP contribution in [-0.2, 0) is 11.2 Å². The van der Waals surface area contributed by atoms with Gasteiger partial charge in [0.2, 0.25) is 0 Å². The van der Waals surface area contributed by atoms with Gasteiger partial charge >= 0.3 is 5.97 Å². The summed E-state index contributed by atoms with van der Waals surface area (Å²) >= 11 is 3.55. The lowest BCUT2D eigenvalue weighted by molar-refractivity contribution is -0.138. The third-order valence-corrected chi connectivity index (χ3v) is 3.97. The van der Waals surface area contributed by atoms with Crippen LogP contribution in [0.1, 0.15) is 24.0 Å². The highest BCUT2D eigenvalue weighted by Gasteiger charge is 2.42. The highest BCUT2D eigenvalue weighted by atomic mass is 79.9. The Labute approximate surface area is 104 Å². The van der Waals surface area contributed by atoms with Crippen molar-refractivity contribution in [3.8, 4) is 0 Å². The maximum absolute atomic E-state index is 10.7. The minimum absolute atomic E-state index is 0.0794. The molecule has 0 spiro atoms. The summed E-state index contributed by atoms with van der Waals surface area (Å²) in [5.74, 6) is -0.317. The van der Waals surface area contributed by atoms with Gasteiger partial charge in [-0.05, 0) is 49.3 Å². The average molecular weight is 283 g/mol. The first-order chi connectivity index (χ1) is 7.58. The lowest BCUT2D eigenvalue weighted by Gasteiger charge is -2.04. The van der Waals surface area contributed by atoms with Gasteiger partial charge in [0, 0.05) is 4.47 Å². The first-order valence-electron chi connectivity index (χ1n) is 5.56. The lowest BCUT2D eigenvalue weighted by Crippen LogP contribution is -2.00. The molecule has 1 aromatic carbocycles. The van der Waals surface area contributed by atoms with E-state index in [4.69, 9.17) is 5.11 Å². The van der Waals surface area contributed by atoms with Crippen LogP contribution in [0, 0.1) is 18.8 Å². The number of hydrogen-bond donors (Lipinski definition) is 1. The van der Waals surface area contributed by atoms with E-state index in [1.54, 1.807) is 0 Å². The number of aryl methyl sites for hydroxylation is 2. The average Bonchev–Trinajstić information content (AvgIpc) is 2.96. The second kappa shape index (κ2) is 4.58. The first-order valence-corrected chi connectivity index (χ1v) is 6.35. The standard InChI is InChI=1S/C13H15BrO2/c1-8-2-3-9(12(14)6-8)4-5-10-7-11(10)13(15)16/h2-3,6,10-11H,4-5,7H2,1H3,(H,15,16). The van der Waals surface area contributed by atoms with E-state index in [1.165, 1.54) is 11.1 Å². The summed E-state index contributed by atoms with van der Waals surface area (Å²) in [4.78, 5) is 10.7. The van der Waals surface area contributed by atoms with Crippen molar-refractivity contribution in [2.24, 2.45) is 11.8 Å². The normalized spacial score (nSPS) is 23.1. The van der Waals surface area contributed by atoms with Gasteiger partial charge in [-0.15, -0.1) is 0 Å². The smallest absolute Gasteiger partial charge is 0.306 e. The lowest BCUT2D eigenvalue weighted by atomic mass is 10.1. The molecule has 0 amide bonds. The molecule has 1 saturated carbocycles. The maximum atomic E-state index is 10.7. The highest BCUT2D eigenvalue weighted by Crippen LogP contribution is 2.42. The molecule has 0 bridgehead atoms. The molecule has 2 rings (SSSR count). The topological polar surface area (TPSA) is 37.3 Å². The molecule has 0 aromatic heterocycles. The second-order valence-electron chi connectivity index (χ2n) is 4.57. The molecule has 1 aromatic rings. The zero-order chi connectivity index (χ0) is 11.7. The number of aliphatic carboxylic acids is 1. The minimum Gasteiger partial charge on any atom is -0.481 e. The molecule has 1 fully saturated rings. The van der Waals surface area contributed by atoms with Crippen molar-refractivity contribution >= 4 is 21.9 Å². The van der Waals surface area contributed by atoms with Gasteiger partial charge in [0.15, 0.2) is 0 Å². The fraction of sp³-hybridized carbons (Fsp3) is 0.462. The van der Waals surface area contributed by atoms with Crippen LogP contribution in [0.25, 0.3) is 0 Å². The molecule has 16 heavy (non-hydrogen) atoms. The van der Waals surface area contributed by atoms with Crippen molar-refractivity contribution in [3.63, 3.8) is 0 Å². The van der Waals surface area contributed by atoms with Gasteiger partial charge in [0.05, 0.1) is 5.92 Å². The van der Waals surface area contributed by atoms with Gasteiger partial charge in [-0.3, -0.25) is 4.79 Å². The Morgan fingerprint density at radius 2 is 2.31 bits per heavy atom. The van der Waals surface area contributed by atoms with Gasteiger partial charge < -0.3 is 5.11 Å². The van der Waals surface area contributed by atoms with Crippen molar-refractivity contribution in [3.05, 3.63) is 33.8 Å². The van der Waals surface area contributed by atoms with E-state index >= 15 is 0 Å². The van der Waals surface area contributed by atoms with Gasteiger partial charge in [-0.2, -0.15) is 0 Å². The van der Waals surface area contributed by atoms with E-state index in [-0.39, 0.29) is 5.92 Å². The van der Waals surface area contributed by atoms with Crippen LogP contribution in [0.3, 0.4) is 0 Å². The number of hydrogen-bond acceptors (Lipinski definition) is 1. The molecule has 86 valence electrons. The Kier molecular flexibility index (Phi) is 3.33. The van der Waals surface area contributed by atoms with Crippen LogP contribution < -0.4 is 0 Å². The molecule has 3 heteroatoms. The third-order valence-electron chi connectivity index (χ3n) is 3.23. The second-order valence-corrected chi connectivity index (χ2v) is 5.43. The summed E-state index contributed by atoms with van der Waals surface area (Å²) in [5.41, 5.74) is 2.52. The van der Waals surface area contributed by atoms with E-state index in [1.807, 2.05) is 0 Å². The molecule has 0 heterocycles. The van der Waals surface area contributed by atoms with Crippen LogP contribution in [0.2, 0.25) is 0 Å². The molecule has 0 saturated heterocycles. The van der Waals surface area contributed by atoms with Crippen molar-refractivity contribution in [1.29, 1.82) is 0 Å². The monoisotopic (exact) mass is 282 g/mol. The minimum atomic E-state index is -0.632. The van der Waals surface area contributed by atoms with Crippen LogP contribution >= 0.6 is 15.9 Å². The fourth-order valence-electron chi connectivity index (χ4n) is 2.07. The SMILES string of the molecule is Cc1ccc(CCC2CC2C(=O)O)c(Br)c1. The van der Waals surface area contributed by atoms with Crippen LogP contribution in [-0.4, -0.2) is 11.1 Å². The highest BCUT2D eigenvalue weighted by molar-refractivity contribution is 9.10. The quantitative estimate of drug-likeness (QED) is 0.919. The third kappa shape index (κ3) is 2.64. The number of carboxylic acid groups (broad SMARTS) is 1. The van der Waals surface area contributed by atoms with Gasteiger partial charge in [0.25, 0.3) is 0 Å². The fourth-order valence-corrected chi connectivity index (χ4v) is 2.76. The van der Waals surface area contributed by atoms with Crippen molar-refractivity contribution in [2.75, 3.05) is 0 Å². The summed E-state index contributed by atoms with van der Waals surface area (Å²) in [5, 5.41) is 8.80. The number of halogens is 1. The Morgan fingerprint density at radius 3 is 2.88 bits per heavy atom. The molecule has 2 atom stereocenters. The van der Waals surface area contributed by atoms with E-state index in [9.17, 15) is 4.79 Å². The predicted molar refractivity (Wildman–Crippen MR) is 66.4 cm³/mol. The summed E-state index contributed by atoms with van der Waals surface area (Å²) in [6.45, 7) is 2.07. The van der Waals surface area contributed by atoms with E-state index in [0.717, 1.165) is 23.7 Å². The molecule has 1 aliphatic carbocycles. The number of carboxylic acids is 1. The molecule has 2 nitrogen and oxygen atoms in total. The van der Waals surface area contributed by atoms with Crippen LogP contribution in [0.5, 0.6) is 0 Å². The van der Waals surface area contributed by atoms with Crippen LogP contribution in [0.4, 0.5) is 0 Å². The van der Waals surface area contributed by atoms with E-state index in [2.05, 4.69) is 41.1 Å². The summed E-state index contributed by atoms with van der Waals surface area (Å²) < 4.78 is 1.14. The maximum Gasteiger partial charge on any atom is 0.306 e. The van der Waals surface area contributed by atoms with Crippen molar-refractivity contribution in [1.82, 2.24) is 0 Å². The number of rotatable bonds is 4. The van der Waals surface area contributed by atoms with E-state index < -0.39 is 5.97 Å². The molecule has 1 aliphatic rings. The summed E-state index contributed by atoms with van der Waals surface area (Å²) in [7, 11) is 0. The zero-order valence-corrected chi connectivity index (χ0v) is 10.8. The van der Waals surface area contributed by atoms with Crippen molar-refractivity contribution < 1.29 is 9.90 Å². The summed E-state index contributed by atoms with van der Waals surface area (Å²) in [6, 6.07) is 6.33. The number of carbonyl (C=O) groups is 1. The van der Waals surface area contributed by atoms with Crippen molar-refractivity contribution in [2.45, 2.75) is 26.2 Å². The largest absolute Gasteiger partial charge is 0.481 e. The first kappa shape index (κ1) is 11.6. The Morgan fingerprint density at radius 1 is 1.56 bits per heavy atom.